The Morgan fingerprint density at radius 2 is 2.07 bits per heavy atom. The number of hydrogen-bond donors (Lipinski definition) is 1. The second-order valence-electron chi connectivity index (χ2n) is 7.17. The number of hydrogen-bond acceptors (Lipinski definition) is 5. The van der Waals surface area contributed by atoms with Gasteiger partial charge in [-0.15, -0.1) is 0 Å². The Morgan fingerprint density at radius 3 is 2.70 bits per heavy atom. The highest BCUT2D eigenvalue weighted by Crippen LogP contribution is 2.39. The van der Waals surface area contributed by atoms with E-state index in [0.717, 1.165) is 17.8 Å². The van der Waals surface area contributed by atoms with Gasteiger partial charge in [0, 0.05) is 18.2 Å². The van der Waals surface area contributed by atoms with Gasteiger partial charge in [0.25, 0.3) is 5.91 Å². The average molecular weight is 421 g/mol. The van der Waals surface area contributed by atoms with Gasteiger partial charge in [-0.05, 0) is 36.6 Å². The number of aryl methyl sites for hydroxylation is 1. The molecular weight excluding hydrogens is 399 g/mol. The fraction of sp³-hybridized carbons (Fsp3) is 0.381. The van der Waals surface area contributed by atoms with Crippen LogP contribution in [0.5, 0.6) is 0 Å². The van der Waals surface area contributed by atoms with Crippen LogP contribution in [-0.4, -0.2) is 52.9 Å². The fourth-order valence-corrected chi connectivity index (χ4v) is 3.58. The Labute approximate surface area is 172 Å². The number of rotatable bonds is 4. The molecule has 1 aliphatic heterocycles. The number of aliphatic hydroxyl groups is 1. The van der Waals surface area contributed by atoms with Gasteiger partial charge in [-0.25, -0.2) is 0 Å². The first-order valence-electron chi connectivity index (χ1n) is 9.32. The molecule has 1 aliphatic rings. The summed E-state index contributed by atoms with van der Waals surface area (Å²) in [5.41, 5.74) is 1.15. The van der Waals surface area contributed by atoms with Gasteiger partial charge >= 0.3 is 6.18 Å². The van der Waals surface area contributed by atoms with E-state index >= 15 is 0 Å². The molecule has 6 nitrogen and oxygen atoms in total. The number of likely N-dealkylation sites (tertiary alicyclic amines) is 1. The number of halogens is 3. The predicted octanol–water partition coefficient (Wildman–Crippen LogP) is 3.59. The van der Waals surface area contributed by atoms with Crippen LogP contribution in [0.3, 0.4) is 0 Å². The summed E-state index contributed by atoms with van der Waals surface area (Å²) < 4.78 is 41.6. The van der Waals surface area contributed by atoms with Crippen LogP contribution in [0.25, 0.3) is 11.1 Å². The lowest BCUT2D eigenvalue weighted by molar-refractivity contribution is -0.137. The van der Waals surface area contributed by atoms with E-state index in [1.54, 1.807) is 19.1 Å². The van der Waals surface area contributed by atoms with E-state index in [4.69, 9.17) is 4.84 Å². The number of amides is 1. The van der Waals surface area contributed by atoms with Gasteiger partial charge in [0.05, 0.1) is 30.5 Å². The quantitative estimate of drug-likeness (QED) is 0.766. The van der Waals surface area contributed by atoms with Crippen molar-refractivity contribution >= 4 is 11.6 Å². The SMILES string of the molecule is CO/N=C1\C[C@@H](CO)N(C(=O)c2cc(C(F)(F)F)c(-c3cccc(C)c3C)cn2)C1. The first-order chi connectivity index (χ1) is 14.2. The molecule has 0 spiro atoms. The molecule has 1 aromatic carbocycles. The van der Waals surface area contributed by atoms with Crippen LogP contribution in [0.2, 0.25) is 0 Å². The molecule has 0 aliphatic carbocycles. The van der Waals surface area contributed by atoms with Gasteiger partial charge in [0.1, 0.15) is 12.8 Å². The van der Waals surface area contributed by atoms with Gasteiger partial charge in [-0.2, -0.15) is 13.2 Å². The van der Waals surface area contributed by atoms with E-state index in [9.17, 15) is 23.1 Å². The number of aliphatic hydroxyl groups excluding tert-OH is 1. The van der Waals surface area contributed by atoms with Crippen LogP contribution < -0.4 is 0 Å². The van der Waals surface area contributed by atoms with Crippen LogP contribution >= 0.6 is 0 Å². The van der Waals surface area contributed by atoms with Crippen molar-refractivity contribution in [1.82, 2.24) is 9.88 Å². The third-order valence-electron chi connectivity index (χ3n) is 5.28. The number of aromatic nitrogens is 1. The second-order valence-corrected chi connectivity index (χ2v) is 7.17. The van der Waals surface area contributed by atoms with E-state index in [0.29, 0.717) is 16.8 Å². The molecule has 1 N–H and O–H groups in total. The van der Waals surface area contributed by atoms with E-state index in [-0.39, 0.29) is 30.8 Å². The minimum atomic E-state index is -4.67. The first kappa shape index (κ1) is 21.8. The van der Waals surface area contributed by atoms with Crippen molar-refractivity contribution in [1.29, 1.82) is 0 Å². The lowest BCUT2D eigenvalue weighted by Crippen LogP contribution is -2.38. The molecule has 0 radical (unpaired) electrons. The average Bonchev–Trinajstić information content (AvgIpc) is 3.12. The molecule has 3 rings (SSSR count). The summed E-state index contributed by atoms with van der Waals surface area (Å²) in [4.78, 5) is 22.9. The number of alkyl halides is 3. The van der Waals surface area contributed by atoms with Crippen molar-refractivity contribution in [3.63, 3.8) is 0 Å². The zero-order valence-electron chi connectivity index (χ0n) is 16.8. The minimum Gasteiger partial charge on any atom is -0.399 e. The van der Waals surface area contributed by atoms with Gasteiger partial charge < -0.3 is 14.8 Å². The van der Waals surface area contributed by atoms with Gasteiger partial charge in [0.15, 0.2) is 0 Å². The highest BCUT2D eigenvalue weighted by atomic mass is 19.4. The molecule has 0 unspecified atom stereocenters. The number of pyridine rings is 1. The van der Waals surface area contributed by atoms with Crippen LogP contribution in [0.4, 0.5) is 13.2 Å². The summed E-state index contributed by atoms with van der Waals surface area (Å²) in [5, 5.41) is 13.3. The standard InChI is InChI=1S/C21H22F3N3O3/c1-12-5-4-6-16(13(12)2)17-9-25-19(8-18(17)21(22,23)24)20(29)27-10-14(26-30-3)7-15(27)11-28/h4-6,8-9,15,28H,7,10-11H2,1-3H3/b26-14+/t15-/m0/s1. The Hall–Kier alpha value is -2.94. The van der Waals surface area contributed by atoms with Crippen molar-refractivity contribution in [2.24, 2.45) is 5.16 Å². The monoisotopic (exact) mass is 421 g/mol. The zero-order valence-corrected chi connectivity index (χ0v) is 16.8. The highest BCUT2D eigenvalue weighted by Gasteiger charge is 2.38. The zero-order chi connectivity index (χ0) is 22.1. The lowest BCUT2D eigenvalue weighted by atomic mass is 9.94. The van der Waals surface area contributed by atoms with E-state index < -0.39 is 23.7 Å². The number of carbonyl (C=O) groups excluding carboxylic acids is 1. The fourth-order valence-electron chi connectivity index (χ4n) is 3.58. The molecular formula is C21H22F3N3O3. The summed E-state index contributed by atoms with van der Waals surface area (Å²) in [6.45, 7) is 3.27. The normalized spacial score (nSPS) is 18.2. The van der Waals surface area contributed by atoms with E-state index in [1.807, 2.05) is 13.0 Å². The maximum absolute atomic E-state index is 13.9. The number of nitrogens with zero attached hydrogens (tertiary/aromatic N) is 3. The summed E-state index contributed by atoms with van der Waals surface area (Å²) >= 11 is 0. The molecule has 9 heteroatoms. The molecule has 2 aromatic rings. The van der Waals surface area contributed by atoms with Crippen LogP contribution in [-0.2, 0) is 11.0 Å². The molecule has 30 heavy (non-hydrogen) atoms. The van der Waals surface area contributed by atoms with Crippen LogP contribution in [0.15, 0.2) is 35.6 Å². The molecule has 0 bridgehead atoms. The third kappa shape index (κ3) is 4.16. The van der Waals surface area contributed by atoms with Crippen LogP contribution in [0.1, 0.15) is 33.6 Å². The van der Waals surface area contributed by atoms with Crippen molar-refractivity contribution in [3.05, 3.63) is 52.8 Å². The molecule has 1 amide bonds. The maximum atomic E-state index is 13.9. The van der Waals surface area contributed by atoms with Crippen LogP contribution in [0, 0.1) is 13.8 Å². The topological polar surface area (TPSA) is 75.0 Å². The Bertz CT molecular complexity index is 989. The minimum absolute atomic E-state index is 0.0552. The Balaban J connectivity index is 2.05. The smallest absolute Gasteiger partial charge is 0.399 e. The first-order valence-corrected chi connectivity index (χ1v) is 9.32. The van der Waals surface area contributed by atoms with Gasteiger partial charge in [-0.3, -0.25) is 9.78 Å². The van der Waals surface area contributed by atoms with Gasteiger partial charge in [0.2, 0.25) is 0 Å². The van der Waals surface area contributed by atoms with Crippen molar-refractivity contribution < 1.29 is 27.9 Å². The largest absolute Gasteiger partial charge is 0.417 e. The van der Waals surface area contributed by atoms with Crippen molar-refractivity contribution in [2.75, 3.05) is 20.3 Å². The molecule has 1 fully saturated rings. The second kappa shape index (κ2) is 8.43. The molecule has 2 heterocycles. The van der Waals surface area contributed by atoms with E-state index in [1.165, 1.54) is 12.0 Å². The molecule has 1 aromatic heterocycles. The molecule has 1 saturated heterocycles. The number of oxime groups is 1. The summed E-state index contributed by atoms with van der Waals surface area (Å²) in [5.74, 6) is -0.701. The Kier molecular flexibility index (Phi) is 6.12. The van der Waals surface area contributed by atoms with Crippen molar-refractivity contribution in [2.45, 2.75) is 32.5 Å². The summed E-state index contributed by atoms with van der Waals surface area (Å²) in [6.07, 6.45) is -3.30. The van der Waals surface area contributed by atoms with E-state index in [2.05, 4.69) is 10.1 Å². The summed E-state index contributed by atoms with van der Waals surface area (Å²) in [6, 6.07) is 5.29. The van der Waals surface area contributed by atoms with Crippen molar-refractivity contribution in [3.8, 4) is 11.1 Å². The van der Waals surface area contributed by atoms with Gasteiger partial charge in [-0.1, -0.05) is 23.4 Å². The predicted molar refractivity (Wildman–Crippen MR) is 105 cm³/mol. The number of benzene rings is 1. The molecule has 0 saturated carbocycles. The molecule has 1 atom stereocenters. The lowest BCUT2D eigenvalue weighted by Gasteiger charge is -2.23. The third-order valence-corrected chi connectivity index (χ3v) is 5.28. The Morgan fingerprint density at radius 1 is 1.33 bits per heavy atom. The highest BCUT2D eigenvalue weighted by molar-refractivity contribution is 5.99. The number of carbonyl (C=O) groups is 1. The maximum Gasteiger partial charge on any atom is 0.417 e. The molecule has 160 valence electrons. The summed E-state index contributed by atoms with van der Waals surface area (Å²) in [7, 11) is 1.36.